The highest BCUT2D eigenvalue weighted by molar-refractivity contribution is 9.10. The van der Waals surface area contributed by atoms with Crippen molar-refractivity contribution in [3.8, 4) is 0 Å². The number of ether oxygens (including phenoxy) is 1. The van der Waals surface area contributed by atoms with Gasteiger partial charge in [0.05, 0.1) is 11.1 Å². The SMILES string of the molecule is O=C(CCCN1C(=O)c2ccc(Br)cc2C1=O)OCc1ccc(C(=O)N2CCCC2)cc1. The molecule has 2 heterocycles. The summed E-state index contributed by atoms with van der Waals surface area (Å²) in [5, 5.41) is 0. The maximum absolute atomic E-state index is 12.4. The maximum Gasteiger partial charge on any atom is 0.306 e. The first-order chi connectivity index (χ1) is 15.4. The molecule has 166 valence electrons. The van der Waals surface area contributed by atoms with Crippen molar-refractivity contribution in [3.63, 3.8) is 0 Å². The summed E-state index contributed by atoms with van der Waals surface area (Å²) < 4.78 is 6.03. The van der Waals surface area contributed by atoms with Gasteiger partial charge >= 0.3 is 5.97 Å². The number of imide groups is 1. The summed E-state index contributed by atoms with van der Waals surface area (Å²) in [6, 6.07) is 12.1. The van der Waals surface area contributed by atoms with E-state index in [1.807, 2.05) is 4.90 Å². The van der Waals surface area contributed by atoms with Crippen LogP contribution in [0.1, 0.15) is 62.3 Å². The van der Waals surface area contributed by atoms with Gasteiger partial charge in [-0.2, -0.15) is 0 Å². The van der Waals surface area contributed by atoms with Gasteiger partial charge in [0, 0.05) is 36.1 Å². The standard InChI is InChI=1S/C24H23BrN2O5/c25-18-9-10-19-20(14-18)24(31)27(23(19)30)13-3-4-21(28)32-15-16-5-7-17(8-6-16)22(29)26-11-1-2-12-26/h5-10,14H,1-4,11-13,15H2. The lowest BCUT2D eigenvalue weighted by atomic mass is 10.1. The van der Waals surface area contributed by atoms with E-state index in [0.29, 0.717) is 23.1 Å². The van der Waals surface area contributed by atoms with Gasteiger partial charge in [-0.25, -0.2) is 0 Å². The number of rotatable bonds is 7. The lowest BCUT2D eigenvalue weighted by Crippen LogP contribution is -2.31. The molecular weight excluding hydrogens is 476 g/mol. The number of hydrogen-bond acceptors (Lipinski definition) is 5. The molecule has 0 aromatic heterocycles. The number of benzene rings is 2. The van der Waals surface area contributed by atoms with Crippen LogP contribution >= 0.6 is 15.9 Å². The zero-order valence-electron chi connectivity index (χ0n) is 17.5. The minimum atomic E-state index is -0.401. The van der Waals surface area contributed by atoms with E-state index in [0.717, 1.165) is 36.0 Å². The monoisotopic (exact) mass is 498 g/mol. The van der Waals surface area contributed by atoms with E-state index in [2.05, 4.69) is 15.9 Å². The van der Waals surface area contributed by atoms with E-state index in [1.165, 1.54) is 4.90 Å². The Balaban J connectivity index is 1.22. The summed E-state index contributed by atoms with van der Waals surface area (Å²) in [6.45, 7) is 1.87. The molecule has 0 bridgehead atoms. The molecule has 0 unspecified atom stereocenters. The zero-order valence-corrected chi connectivity index (χ0v) is 19.1. The molecule has 2 aliphatic rings. The fourth-order valence-electron chi connectivity index (χ4n) is 3.93. The predicted molar refractivity (Wildman–Crippen MR) is 120 cm³/mol. The second-order valence-corrected chi connectivity index (χ2v) is 8.83. The van der Waals surface area contributed by atoms with Crippen LogP contribution in [0.25, 0.3) is 0 Å². The minimum Gasteiger partial charge on any atom is -0.461 e. The van der Waals surface area contributed by atoms with Crippen LogP contribution in [0.4, 0.5) is 0 Å². The van der Waals surface area contributed by atoms with Gasteiger partial charge in [0.25, 0.3) is 17.7 Å². The fraction of sp³-hybridized carbons (Fsp3) is 0.333. The third-order valence-corrected chi connectivity index (χ3v) is 6.18. The molecule has 2 aliphatic heterocycles. The van der Waals surface area contributed by atoms with Crippen LogP contribution in [-0.4, -0.2) is 53.1 Å². The molecule has 0 atom stereocenters. The number of carbonyl (C=O) groups is 4. The molecular formula is C24H23BrN2O5. The molecule has 0 aliphatic carbocycles. The van der Waals surface area contributed by atoms with E-state index in [9.17, 15) is 19.2 Å². The Labute approximate surface area is 194 Å². The Morgan fingerprint density at radius 3 is 2.34 bits per heavy atom. The molecule has 0 radical (unpaired) electrons. The highest BCUT2D eigenvalue weighted by Crippen LogP contribution is 2.26. The number of hydrogen-bond donors (Lipinski definition) is 0. The summed E-state index contributed by atoms with van der Waals surface area (Å²) in [6.07, 6.45) is 2.52. The third-order valence-electron chi connectivity index (χ3n) is 5.69. The van der Waals surface area contributed by atoms with Gasteiger partial charge in [0.15, 0.2) is 0 Å². The molecule has 3 amide bonds. The summed E-state index contributed by atoms with van der Waals surface area (Å²) in [5.74, 6) is -1.05. The first kappa shape index (κ1) is 22.2. The average molecular weight is 499 g/mol. The summed E-state index contributed by atoms with van der Waals surface area (Å²) in [5.41, 5.74) is 2.18. The van der Waals surface area contributed by atoms with Crippen molar-refractivity contribution in [3.05, 3.63) is 69.2 Å². The molecule has 2 aromatic rings. The number of halogens is 1. The van der Waals surface area contributed by atoms with Gasteiger partial charge in [0.2, 0.25) is 0 Å². The average Bonchev–Trinajstić information content (AvgIpc) is 3.41. The number of amides is 3. The molecule has 7 nitrogen and oxygen atoms in total. The Morgan fingerprint density at radius 2 is 1.62 bits per heavy atom. The number of carbonyl (C=O) groups excluding carboxylic acids is 4. The minimum absolute atomic E-state index is 0.0339. The molecule has 0 spiro atoms. The van der Waals surface area contributed by atoms with E-state index in [4.69, 9.17) is 4.74 Å². The van der Waals surface area contributed by atoms with Gasteiger partial charge in [-0.1, -0.05) is 28.1 Å². The van der Waals surface area contributed by atoms with Crippen LogP contribution in [0.15, 0.2) is 46.9 Å². The molecule has 2 aromatic carbocycles. The second-order valence-electron chi connectivity index (χ2n) is 7.91. The first-order valence-corrected chi connectivity index (χ1v) is 11.4. The van der Waals surface area contributed by atoms with Crippen molar-refractivity contribution in [1.82, 2.24) is 9.80 Å². The molecule has 0 saturated carbocycles. The van der Waals surface area contributed by atoms with Crippen LogP contribution < -0.4 is 0 Å². The second kappa shape index (κ2) is 9.65. The summed E-state index contributed by atoms with van der Waals surface area (Å²) in [4.78, 5) is 52.3. The largest absolute Gasteiger partial charge is 0.461 e. The molecule has 0 N–H and O–H groups in total. The predicted octanol–water partition coefficient (Wildman–Crippen LogP) is 3.80. The quantitative estimate of drug-likeness (QED) is 0.428. The van der Waals surface area contributed by atoms with Crippen LogP contribution in [0.5, 0.6) is 0 Å². The van der Waals surface area contributed by atoms with Crippen molar-refractivity contribution in [2.75, 3.05) is 19.6 Å². The Hall–Kier alpha value is -3.00. The van der Waals surface area contributed by atoms with Gasteiger partial charge in [-0.3, -0.25) is 24.1 Å². The van der Waals surface area contributed by atoms with Crippen molar-refractivity contribution < 1.29 is 23.9 Å². The third kappa shape index (κ3) is 4.75. The molecule has 8 heteroatoms. The fourth-order valence-corrected chi connectivity index (χ4v) is 4.29. The molecule has 1 saturated heterocycles. The number of nitrogens with zero attached hydrogens (tertiary/aromatic N) is 2. The summed E-state index contributed by atoms with van der Waals surface area (Å²) in [7, 11) is 0. The van der Waals surface area contributed by atoms with Crippen LogP contribution in [-0.2, 0) is 16.1 Å². The first-order valence-electron chi connectivity index (χ1n) is 10.6. The van der Waals surface area contributed by atoms with Crippen molar-refractivity contribution in [1.29, 1.82) is 0 Å². The Kier molecular flexibility index (Phi) is 6.69. The number of fused-ring (bicyclic) bond motifs is 1. The normalized spacial score (nSPS) is 15.3. The zero-order chi connectivity index (χ0) is 22.7. The molecule has 32 heavy (non-hydrogen) atoms. The van der Waals surface area contributed by atoms with Crippen LogP contribution in [0.2, 0.25) is 0 Å². The van der Waals surface area contributed by atoms with Crippen molar-refractivity contribution >= 4 is 39.6 Å². The van der Waals surface area contributed by atoms with Crippen LogP contribution in [0.3, 0.4) is 0 Å². The van der Waals surface area contributed by atoms with Gasteiger partial charge in [0.1, 0.15) is 6.61 Å². The highest BCUT2D eigenvalue weighted by atomic mass is 79.9. The smallest absolute Gasteiger partial charge is 0.306 e. The molecule has 1 fully saturated rings. The van der Waals surface area contributed by atoms with E-state index >= 15 is 0 Å². The van der Waals surface area contributed by atoms with E-state index < -0.39 is 5.97 Å². The maximum atomic E-state index is 12.4. The van der Waals surface area contributed by atoms with Crippen LogP contribution in [0, 0.1) is 0 Å². The van der Waals surface area contributed by atoms with E-state index in [-0.39, 0.29) is 37.3 Å². The number of esters is 1. The van der Waals surface area contributed by atoms with Gasteiger partial charge < -0.3 is 9.64 Å². The van der Waals surface area contributed by atoms with Crippen molar-refractivity contribution in [2.24, 2.45) is 0 Å². The number of likely N-dealkylation sites (tertiary alicyclic amines) is 1. The Morgan fingerprint density at radius 1 is 0.938 bits per heavy atom. The topological polar surface area (TPSA) is 84.0 Å². The van der Waals surface area contributed by atoms with E-state index in [1.54, 1.807) is 42.5 Å². The Bertz CT molecular complexity index is 1060. The van der Waals surface area contributed by atoms with Crippen molar-refractivity contribution in [2.45, 2.75) is 32.3 Å². The van der Waals surface area contributed by atoms with Gasteiger partial charge in [-0.15, -0.1) is 0 Å². The lowest BCUT2D eigenvalue weighted by Gasteiger charge is -2.15. The summed E-state index contributed by atoms with van der Waals surface area (Å²) >= 11 is 3.30. The molecule has 4 rings (SSSR count). The lowest BCUT2D eigenvalue weighted by molar-refractivity contribution is -0.145. The highest BCUT2D eigenvalue weighted by Gasteiger charge is 2.35. The van der Waals surface area contributed by atoms with Gasteiger partial charge in [-0.05, 0) is 55.2 Å².